The van der Waals surface area contributed by atoms with Crippen molar-refractivity contribution in [3.05, 3.63) is 95.2 Å². The maximum atomic E-state index is 6.13. The SMILES string of the molecule is Cc1ccc2[nH]cc(C3c4ccccc4Oc4ccccc43)c2c1. The molecule has 2 heteroatoms. The van der Waals surface area contributed by atoms with Crippen LogP contribution in [-0.2, 0) is 0 Å². The summed E-state index contributed by atoms with van der Waals surface area (Å²) in [5.41, 5.74) is 6.20. The van der Waals surface area contributed by atoms with E-state index in [1.807, 2.05) is 12.1 Å². The van der Waals surface area contributed by atoms with Gasteiger partial charge in [-0.15, -0.1) is 0 Å². The summed E-state index contributed by atoms with van der Waals surface area (Å²) >= 11 is 0. The molecule has 0 aliphatic carbocycles. The van der Waals surface area contributed by atoms with Crippen molar-refractivity contribution in [2.45, 2.75) is 12.8 Å². The fourth-order valence-electron chi connectivity index (χ4n) is 3.74. The van der Waals surface area contributed by atoms with E-state index in [0.717, 1.165) is 11.5 Å². The third-order valence-electron chi connectivity index (χ3n) is 4.86. The molecule has 0 saturated carbocycles. The number of hydrogen-bond donors (Lipinski definition) is 1. The van der Waals surface area contributed by atoms with Crippen LogP contribution < -0.4 is 4.74 Å². The average molecular weight is 311 g/mol. The third-order valence-corrected chi connectivity index (χ3v) is 4.86. The lowest BCUT2D eigenvalue weighted by molar-refractivity contribution is 0.453. The zero-order valence-electron chi connectivity index (χ0n) is 13.4. The van der Waals surface area contributed by atoms with Gasteiger partial charge in [-0.25, -0.2) is 0 Å². The predicted octanol–water partition coefficient (Wildman–Crippen LogP) is 5.76. The zero-order chi connectivity index (χ0) is 16.1. The molecule has 0 bridgehead atoms. The number of benzene rings is 3. The summed E-state index contributed by atoms with van der Waals surface area (Å²) < 4.78 is 6.13. The van der Waals surface area contributed by atoms with Crippen molar-refractivity contribution < 1.29 is 4.74 Å². The minimum Gasteiger partial charge on any atom is -0.457 e. The zero-order valence-corrected chi connectivity index (χ0v) is 13.4. The fraction of sp³-hybridized carbons (Fsp3) is 0.0909. The predicted molar refractivity (Wildman–Crippen MR) is 96.9 cm³/mol. The lowest BCUT2D eigenvalue weighted by atomic mass is 9.82. The number of fused-ring (bicyclic) bond motifs is 3. The summed E-state index contributed by atoms with van der Waals surface area (Å²) in [6.45, 7) is 2.14. The molecule has 2 nitrogen and oxygen atoms in total. The summed E-state index contributed by atoms with van der Waals surface area (Å²) in [7, 11) is 0. The Balaban J connectivity index is 1.82. The Morgan fingerprint density at radius 1 is 0.792 bits per heavy atom. The number of nitrogens with one attached hydrogen (secondary N) is 1. The number of hydrogen-bond acceptors (Lipinski definition) is 1. The van der Waals surface area contributed by atoms with Gasteiger partial charge in [0.05, 0.1) is 0 Å². The van der Waals surface area contributed by atoms with Crippen molar-refractivity contribution in [2.75, 3.05) is 0 Å². The van der Waals surface area contributed by atoms with Crippen molar-refractivity contribution in [2.24, 2.45) is 0 Å². The molecule has 1 aromatic heterocycles. The highest BCUT2D eigenvalue weighted by molar-refractivity contribution is 5.86. The van der Waals surface area contributed by atoms with Crippen LogP contribution in [0.2, 0.25) is 0 Å². The van der Waals surface area contributed by atoms with Crippen LogP contribution in [0.4, 0.5) is 0 Å². The van der Waals surface area contributed by atoms with Crippen LogP contribution in [0.25, 0.3) is 10.9 Å². The molecule has 0 radical (unpaired) electrons. The summed E-state index contributed by atoms with van der Waals surface area (Å²) in [6, 6.07) is 23.3. The van der Waals surface area contributed by atoms with Crippen LogP contribution in [0.15, 0.2) is 72.9 Å². The molecule has 4 aromatic rings. The average Bonchev–Trinajstić information content (AvgIpc) is 3.02. The topological polar surface area (TPSA) is 25.0 Å². The number of para-hydroxylation sites is 2. The van der Waals surface area contributed by atoms with Gasteiger partial charge in [0.1, 0.15) is 11.5 Å². The second-order valence-electron chi connectivity index (χ2n) is 6.40. The van der Waals surface area contributed by atoms with Gasteiger partial charge in [0.25, 0.3) is 0 Å². The van der Waals surface area contributed by atoms with Crippen molar-refractivity contribution in [1.29, 1.82) is 0 Å². The van der Waals surface area contributed by atoms with Gasteiger partial charge < -0.3 is 9.72 Å². The highest BCUT2D eigenvalue weighted by atomic mass is 16.5. The highest BCUT2D eigenvalue weighted by Crippen LogP contribution is 2.48. The lowest BCUT2D eigenvalue weighted by Crippen LogP contribution is -2.11. The smallest absolute Gasteiger partial charge is 0.131 e. The number of aromatic nitrogens is 1. The standard InChI is InChI=1S/C22H17NO/c1-14-10-11-19-17(12-14)18(13-23-19)22-15-6-2-4-8-20(15)24-21-9-5-3-7-16(21)22/h2-13,22-23H,1H3. The van der Waals surface area contributed by atoms with Gasteiger partial charge in [-0.05, 0) is 36.8 Å². The van der Waals surface area contributed by atoms with E-state index in [1.165, 1.54) is 33.2 Å². The summed E-state index contributed by atoms with van der Waals surface area (Å²) in [5.74, 6) is 2.08. The van der Waals surface area contributed by atoms with Gasteiger partial charge in [-0.2, -0.15) is 0 Å². The quantitative estimate of drug-likeness (QED) is 0.418. The largest absolute Gasteiger partial charge is 0.457 e. The van der Waals surface area contributed by atoms with E-state index >= 15 is 0 Å². The van der Waals surface area contributed by atoms with E-state index in [0.29, 0.717) is 0 Å². The maximum absolute atomic E-state index is 6.13. The first-order valence-electron chi connectivity index (χ1n) is 8.24. The van der Waals surface area contributed by atoms with Crippen LogP contribution in [0.5, 0.6) is 11.5 Å². The van der Waals surface area contributed by atoms with E-state index in [1.54, 1.807) is 0 Å². The van der Waals surface area contributed by atoms with Crippen LogP contribution >= 0.6 is 0 Å². The van der Waals surface area contributed by atoms with E-state index in [-0.39, 0.29) is 5.92 Å². The molecule has 1 aliphatic heterocycles. The monoisotopic (exact) mass is 311 g/mol. The van der Waals surface area contributed by atoms with Gasteiger partial charge in [0.15, 0.2) is 0 Å². The number of aromatic amines is 1. The van der Waals surface area contributed by atoms with Crippen molar-refractivity contribution in [1.82, 2.24) is 4.98 Å². The molecule has 5 rings (SSSR count). The second kappa shape index (κ2) is 5.00. The van der Waals surface area contributed by atoms with E-state index in [2.05, 4.69) is 72.7 Å². The van der Waals surface area contributed by atoms with Crippen molar-refractivity contribution in [3.63, 3.8) is 0 Å². The molecule has 1 N–H and O–H groups in total. The minimum absolute atomic E-state index is 0.182. The van der Waals surface area contributed by atoms with Crippen LogP contribution in [0, 0.1) is 6.92 Å². The molecule has 116 valence electrons. The van der Waals surface area contributed by atoms with Crippen molar-refractivity contribution >= 4 is 10.9 Å². The second-order valence-corrected chi connectivity index (χ2v) is 6.40. The fourth-order valence-corrected chi connectivity index (χ4v) is 3.74. The number of H-pyrrole nitrogens is 1. The summed E-state index contributed by atoms with van der Waals surface area (Å²) in [4.78, 5) is 3.43. The summed E-state index contributed by atoms with van der Waals surface area (Å²) in [5, 5.41) is 1.28. The third kappa shape index (κ3) is 1.89. The molecule has 1 aliphatic rings. The molecule has 0 unspecified atom stereocenters. The van der Waals surface area contributed by atoms with E-state index in [4.69, 9.17) is 4.74 Å². The number of ether oxygens (including phenoxy) is 1. The molecular weight excluding hydrogens is 294 g/mol. The Labute approximate surface area is 140 Å². The number of aryl methyl sites for hydroxylation is 1. The Morgan fingerprint density at radius 3 is 2.17 bits per heavy atom. The molecule has 0 spiro atoms. The Morgan fingerprint density at radius 2 is 1.46 bits per heavy atom. The normalized spacial score (nSPS) is 13.4. The first-order valence-corrected chi connectivity index (χ1v) is 8.24. The first kappa shape index (κ1) is 13.4. The first-order chi connectivity index (χ1) is 11.8. The Kier molecular flexibility index (Phi) is 2.80. The van der Waals surface area contributed by atoms with E-state index < -0.39 is 0 Å². The maximum Gasteiger partial charge on any atom is 0.131 e. The van der Waals surface area contributed by atoms with Gasteiger partial charge in [-0.1, -0.05) is 48.0 Å². The molecular formula is C22H17NO. The molecule has 0 fully saturated rings. The minimum atomic E-state index is 0.182. The van der Waals surface area contributed by atoms with Gasteiger partial charge >= 0.3 is 0 Å². The lowest BCUT2D eigenvalue weighted by Gasteiger charge is -2.28. The Hall–Kier alpha value is -3.00. The molecule has 0 amide bonds. The highest BCUT2D eigenvalue weighted by Gasteiger charge is 2.29. The van der Waals surface area contributed by atoms with E-state index in [9.17, 15) is 0 Å². The van der Waals surface area contributed by atoms with Crippen molar-refractivity contribution in [3.8, 4) is 11.5 Å². The Bertz CT molecular complexity index is 1010. The van der Waals surface area contributed by atoms with Crippen LogP contribution in [0.1, 0.15) is 28.2 Å². The molecule has 2 heterocycles. The number of rotatable bonds is 1. The summed E-state index contributed by atoms with van der Waals surface area (Å²) in [6.07, 6.45) is 2.15. The molecule has 0 atom stereocenters. The molecule has 24 heavy (non-hydrogen) atoms. The van der Waals surface area contributed by atoms with Gasteiger partial charge in [0, 0.05) is 34.1 Å². The van der Waals surface area contributed by atoms with Crippen LogP contribution in [-0.4, -0.2) is 4.98 Å². The molecule has 0 saturated heterocycles. The van der Waals surface area contributed by atoms with Crippen LogP contribution in [0.3, 0.4) is 0 Å². The van der Waals surface area contributed by atoms with Gasteiger partial charge in [0.2, 0.25) is 0 Å². The molecule has 3 aromatic carbocycles. The van der Waals surface area contributed by atoms with Gasteiger partial charge in [-0.3, -0.25) is 0 Å².